The zero-order valence-corrected chi connectivity index (χ0v) is 7.79. The summed E-state index contributed by atoms with van der Waals surface area (Å²) in [5, 5.41) is 0. The number of amidine groups is 1. The summed E-state index contributed by atoms with van der Waals surface area (Å²) in [7, 11) is 0. The summed E-state index contributed by atoms with van der Waals surface area (Å²) in [5.41, 5.74) is 5.78. The van der Waals surface area contributed by atoms with Gasteiger partial charge in [0.25, 0.3) is 0 Å². The Bertz CT molecular complexity index is 198. The normalized spacial score (nSPS) is 41.8. The van der Waals surface area contributed by atoms with Gasteiger partial charge in [-0.25, -0.2) is 0 Å². The van der Waals surface area contributed by atoms with Gasteiger partial charge in [0.1, 0.15) is 0 Å². The van der Waals surface area contributed by atoms with Crippen LogP contribution < -0.4 is 5.73 Å². The van der Waals surface area contributed by atoms with E-state index in [2.05, 4.69) is 11.9 Å². The van der Waals surface area contributed by atoms with Gasteiger partial charge in [-0.1, -0.05) is 19.8 Å². The SMILES string of the molecule is C[C@@H]1CC(N)=N[C@H]2CCCC[C@@H]12. The van der Waals surface area contributed by atoms with Crippen molar-refractivity contribution in [2.24, 2.45) is 22.6 Å². The molecule has 1 heterocycles. The van der Waals surface area contributed by atoms with Crippen LogP contribution in [0.25, 0.3) is 0 Å². The molecular formula is C10H18N2. The van der Waals surface area contributed by atoms with Crippen molar-refractivity contribution in [1.82, 2.24) is 0 Å². The van der Waals surface area contributed by atoms with Crippen molar-refractivity contribution in [2.45, 2.75) is 45.1 Å². The van der Waals surface area contributed by atoms with Crippen LogP contribution in [-0.2, 0) is 0 Å². The van der Waals surface area contributed by atoms with Gasteiger partial charge in [-0.15, -0.1) is 0 Å². The van der Waals surface area contributed by atoms with Gasteiger partial charge in [-0.3, -0.25) is 4.99 Å². The van der Waals surface area contributed by atoms with Crippen molar-refractivity contribution in [3.05, 3.63) is 0 Å². The predicted molar refractivity (Wildman–Crippen MR) is 51.1 cm³/mol. The first-order valence-corrected chi connectivity index (χ1v) is 5.09. The molecule has 1 fully saturated rings. The maximum Gasteiger partial charge on any atom is 0.0943 e. The average Bonchev–Trinajstić information content (AvgIpc) is 2.04. The molecule has 2 heteroatoms. The fraction of sp³-hybridized carbons (Fsp3) is 0.900. The van der Waals surface area contributed by atoms with Gasteiger partial charge < -0.3 is 5.73 Å². The van der Waals surface area contributed by atoms with Gasteiger partial charge in [0.2, 0.25) is 0 Å². The molecule has 0 aromatic rings. The van der Waals surface area contributed by atoms with E-state index in [1.54, 1.807) is 0 Å². The summed E-state index contributed by atoms with van der Waals surface area (Å²) in [6, 6.07) is 0.572. The first-order chi connectivity index (χ1) is 5.77. The highest BCUT2D eigenvalue weighted by Gasteiger charge is 2.32. The van der Waals surface area contributed by atoms with Crippen molar-refractivity contribution >= 4 is 5.84 Å². The highest BCUT2D eigenvalue weighted by molar-refractivity contribution is 5.81. The average molecular weight is 166 g/mol. The minimum atomic E-state index is 0.572. The maximum absolute atomic E-state index is 5.78. The van der Waals surface area contributed by atoms with Crippen LogP contribution in [0.1, 0.15) is 39.0 Å². The van der Waals surface area contributed by atoms with Gasteiger partial charge in [0, 0.05) is 6.42 Å². The standard InChI is InChI=1S/C10H18N2/c1-7-6-10(11)12-9-5-3-2-4-8(7)9/h7-9H,2-6H2,1H3,(H2,11,12)/t7-,8+,9+/m1/s1. The Morgan fingerprint density at radius 1 is 1.33 bits per heavy atom. The Morgan fingerprint density at radius 3 is 2.92 bits per heavy atom. The molecule has 0 radical (unpaired) electrons. The van der Waals surface area contributed by atoms with Crippen LogP contribution in [-0.4, -0.2) is 11.9 Å². The molecule has 68 valence electrons. The molecule has 1 aliphatic heterocycles. The molecule has 2 nitrogen and oxygen atoms in total. The summed E-state index contributed by atoms with van der Waals surface area (Å²) < 4.78 is 0. The van der Waals surface area contributed by atoms with Crippen molar-refractivity contribution in [3.63, 3.8) is 0 Å². The first-order valence-electron chi connectivity index (χ1n) is 5.09. The Hall–Kier alpha value is -0.530. The minimum Gasteiger partial charge on any atom is -0.387 e. The topological polar surface area (TPSA) is 38.4 Å². The second-order valence-electron chi connectivity index (χ2n) is 4.32. The summed E-state index contributed by atoms with van der Waals surface area (Å²) in [6.45, 7) is 2.32. The third-order valence-corrected chi connectivity index (χ3v) is 3.38. The maximum atomic E-state index is 5.78. The second kappa shape index (κ2) is 3.08. The zero-order valence-electron chi connectivity index (χ0n) is 7.79. The smallest absolute Gasteiger partial charge is 0.0943 e. The number of nitrogens with two attached hydrogens (primary N) is 1. The number of fused-ring (bicyclic) bond motifs is 1. The van der Waals surface area contributed by atoms with E-state index in [0.717, 1.165) is 24.1 Å². The van der Waals surface area contributed by atoms with Crippen LogP contribution >= 0.6 is 0 Å². The quantitative estimate of drug-likeness (QED) is 0.587. The van der Waals surface area contributed by atoms with E-state index in [1.165, 1.54) is 25.7 Å². The predicted octanol–water partition coefficient (Wildman–Crippen LogP) is 1.94. The van der Waals surface area contributed by atoms with Gasteiger partial charge in [0.15, 0.2) is 0 Å². The lowest BCUT2D eigenvalue weighted by Crippen LogP contribution is -2.37. The van der Waals surface area contributed by atoms with E-state index in [-0.39, 0.29) is 0 Å². The number of nitrogens with zero attached hydrogens (tertiary/aromatic N) is 1. The van der Waals surface area contributed by atoms with Gasteiger partial charge in [0.05, 0.1) is 11.9 Å². The number of hydrogen-bond donors (Lipinski definition) is 1. The fourth-order valence-corrected chi connectivity index (χ4v) is 2.71. The Kier molecular flexibility index (Phi) is 2.07. The van der Waals surface area contributed by atoms with Crippen LogP contribution in [0, 0.1) is 11.8 Å². The first kappa shape index (κ1) is 8.09. The van der Waals surface area contributed by atoms with E-state index in [9.17, 15) is 0 Å². The molecule has 0 bridgehead atoms. The molecule has 2 aliphatic rings. The van der Waals surface area contributed by atoms with Crippen molar-refractivity contribution in [1.29, 1.82) is 0 Å². The molecular weight excluding hydrogens is 148 g/mol. The molecule has 1 saturated carbocycles. The minimum absolute atomic E-state index is 0.572. The van der Waals surface area contributed by atoms with Gasteiger partial charge in [-0.05, 0) is 24.7 Å². The third-order valence-electron chi connectivity index (χ3n) is 3.38. The highest BCUT2D eigenvalue weighted by Crippen LogP contribution is 2.36. The summed E-state index contributed by atoms with van der Waals surface area (Å²) >= 11 is 0. The monoisotopic (exact) mass is 166 g/mol. The lowest BCUT2D eigenvalue weighted by atomic mass is 9.74. The Morgan fingerprint density at radius 2 is 2.08 bits per heavy atom. The largest absolute Gasteiger partial charge is 0.387 e. The molecule has 3 atom stereocenters. The van der Waals surface area contributed by atoms with Crippen LogP contribution in [0.3, 0.4) is 0 Å². The van der Waals surface area contributed by atoms with E-state index >= 15 is 0 Å². The van der Waals surface area contributed by atoms with Gasteiger partial charge >= 0.3 is 0 Å². The summed E-state index contributed by atoms with van der Waals surface area (Å²) in [6.07, 6.45) is 6.44. The molecule has 0 amide bonds. The molecule has 0 unspecified atom stereocenters. The molecule has 0 aromatic heterocycles. The molecule has 2 rings (SSSR count). The summed E-state index contributed by atoms with van der Waals surface area (Å²) in [5.74, 6) is 2.50. The van der Waals surface area contributed by atoms with E-state index in [1.807, 2.05) is 0 Å². The highest BCUT2D eigenvalue weighted by atomic mass is 14.9. The molecule has 0 aromatic carbocycles. The Labute approximate surface area is 74.2 Å². The lowest BCUT2D eigenvalue weighted by Gasteiger charge is -2.37. The number of hydrogen-bond acceptors (Lipinski definition) is 2. The van der Waals surface area contributed by atoms with Crippen molar-refractivity contribution in [2.75, 3.05) is 0 Å². The second-order valence-corrected chi connectivity index (χ2v) is 4.32. The third kappa shape index (κ3) is 1.35. The Balaban J connectivity index is 2.14. The van der Waals surface area contributed by atoms with Gasteiger partial charge in [-0.2, -0.15) is 0 Å². The van der Waals surface area contributed by atoms with Crippen LogP contribution in [0.15, 0.2) is 4.99 Å². The van der Waals surface area contributed by atoms with Crippen LogP contribution in [0.4, 0.5) is 0 Å². The molecule has 2 N–H and O–H groups in total. The fourth-order valence-electron chi connectivity index (χ4n) is 2.71. The van der Waals surface area contributed by atoms with Crippen molar-refractivity contribution < 1.29 is 0 Å². The lowest BCUT2D eigenvalue weighted by molar-refractivity contribution is 0.220. The molecule has 12 heavy (non-hydrogen) atoms. The zero-order chi connectivity index (χ0) is 8.55. The molecule has 1 aliphatic carbocycles. The number of rotatable bonds is 0. The van der Waals surface area contributed by atoms with E-state index in [4.69, 9.17) is 5.73 Å². The van der Waals surface area contributed by atoms with Crippen LogP contribution in [0.2, 0.25) is 0 Å². The molecule has 0 spiro atoms. The van der Waals surface area contributed by atoms with Crippen molar-refractivity contribution in [3.8, 4) is 0 Å². The van der Waals surface area contributed by atoms with E-state index < -0.39 is 0 Å². The number of aliphatic imine (C=N–C) groups is 1. The van der Waals surface area contributed by atoms with Crippen LogP contribution in [0.5, 0.6) is 0 Å². The van der Waals surface area contributed by atoms with E-state index in [0.29, 0.717) is 6.04 Å². The molecule has 0 saturated heterocycles. The summed E-state index contributed by atoms with van der Waals surface area (Å²) in [4.78, 5) is 4.55.